The van der Waals surface area contributed by atoms with Gasteiger partial charge in [-0.15, -0.1) is 11.3 Å². The van der Waals surface area contributed by atoms with Gasteiger partial charge in [-0.3, -0.25) is 0 Å². The molecule has 7 heteroatoms. The third-order valence-corrected chi connectivity index (χ3v) is 6.18. The molecule has 1 aromatic heterocycles. The first-order valence-corrected chi connectivity index (χ1v) is 9.12. The molecular formula is C18H20F4N2S. The van der Waals surface area contributed by atoms with Crippen molar-refractivity contribution in [2.45, 2.75) is 38.3 Å². The molecule has 0 atom stereocenters. The Labute approximate surface area is 148 Å². The number of alkyl halides is 3. The number of halogens is 4. The van der Waals surface area contributed by atoms with Gasteiger partial charge >= 0.3 is 6.18 Å². The molecule has 25 heavy (non-hydrogen) atoms. The van der Waals surface area contributed by atoms with E-state index in [1.165, 1.54) is 23.5 Å². The summed E-state index contributed by atoms with van der Waals surface area (Å²) in [7, 11) is 0. The highest BCUT2D eigenvalue weighted by atomic mass is 32.1. The number of benzene rings is 1. The molecule has 0 unspecified atom stereocenters. The zero-order valence-electron chi connectivity index (χ0n) is 14.1. The molecular weight excluding hydrogens is 352 g/mol. The number of thiazole rings is 1. The van der Waals surface area contributed by atoms with E-state index in [-0.39, 0.29) is 16.7 Å². The Hall–Kier alpha value is -1.47. The third kappa shape index (κ3) is 3.58. The molecule has 3 rings (SSSR count). The van der Waals surface area contributed by atoms with Gasteiger partial charge in [0.15, 0.2) is 0 Å². The number of hydrogen-bond donors (Lipinski definition) is 1. The Morgan fingerprint density at radius 1 is 1.16 bits per heavy atom. The van der Waals surface area contributed by atoms with Crippen LogP contribution in [0.5, 0.6) is 0 Å². The fourth-order valence-corrected chi connectivity index (χ4v) is 4.38. The van der Waals surface area contributed by atoms with Crippen molar-refractivity contribution < 1.29 is 17.6 Å². The van der Waals surface area contributed by atoms with Crippen LogP contribution in [-0.4, -0.2) is 18.1 Å². The minimum atomic E-state index is -4.71. The summed E-state index contributed by atoms with van der Waals surface area (Å²) in [5, 5.41) is 5.81. The lowest BCUT2D eigenvalue weighted by Gasteiger charge is -2.35. The minimum absolute atomic E-state index is 0.0987. The van der Waals surface area contributed by atoms with Gasteiger partial charge in [0.2, 0.25) is 0 Å². The van der Waals surface area contributed by atoms with Gasteiger partial charge in [0.25, 0.3) is 0 Å². The van der Waals surface area contributed by atoms with E-state index in [2.05, 4.69) is 24.1 Å². The fraction of sp³-hybridized carbons (Fsp3) is 0.500. The number of aromatic nitrogens is 1. The minimum Gasteiger partial charge on any atom is -0.317 e. The summed E-state index contributed by atoms with van der Waals surface area (Å²) in [6.45, 7) is 6.12. The largest absolute Gasteiger partial charge is 0.419 e. The van der Waals surface area contributed by atoms with Gasteiger partial charge in [0, 0.05) is 16.4 Å². The van der Waals surface area contributed by atoms with Crippen LogP contribution in [-0.2, 0) is 11.6 Å². The fourth-order valence-electron chi connectivity index (χ4n) is 3.36. The molecule has 1 aliphatic heterocycles. The highest BCUT2D eigenvalue weighted by Gasteiger charge is 2.37. The van der Waals surface area contributed by atoms with Crippen molar-refractivity contribution in [3.8, 4) is 11.3 Å². The van der Waals surface area contributed by atoms with Crippen LogP contribution in [0.15, 0.2) is 23.6 Å². The Balaban J connectivity index is 1.94. The monoisotopic (exact) mass is 372 g/mol. The second-order valence-corrected chi connectivity index (χ2v) is 7.81. The van der Waals surface area contributed by atoms with Gasteiger partial charge in [0.1, 0.15) is 5.82 Å². The predicted octanol–water partition coefficient (Wildman–Crippen LogP) is 5.25. The molecule has 2 heterocycles. The van der Waals surface area contributed by atoms with Crippen LogP contribution in [0.1, 0.15) is 37.3 Å². The number of rotatable bonds is 3. The van der Waals surface area contributed by atoms with E-state index in [4.69, 9.17) is 0 Å². The molecule has 1 aliphatic rings. The first-order valence-electron chi connectivity index (χ1n) is 8.24. The first kappa shape index (κ1) is 18.3. The number of nitrogens with one attached hydrogen (secondary N) is 1. The molecule has 0 spiro atoms. The predicted molar refractivity (Wildman–Crippen MR) is 91.1 cm³/mol. The average molecular weight is 372 g/mol. The summed E-state index contributed by atoms with van der Waals surface area (Å²) in [5.74, 6) is -0.814. The van der Waals surface area contributed by atoms with Crippen LogP contribution in [0.25, 0.3) is 11.3 Å². The summed E-state index contributed by atoms with van der Waals surface area (Å²) >= 11 is 1.39. The van der Waals surface area contributed by atoms with Gasteiger partial charge in [-0.1, -0.05) is 19.9 Å². The van der Waals surface area contributed by atoms with E-state index >= 15 is 0 Å². The topological polar surface area (TPSA) is 24.9 Å². The summed E-state index contributed by atoms with van der Waals surface area (Å²) in [4.78, 5) is 4.50. The van der Waals surface area contributed by atoms with Crippen molar-refractivity contribution in [2.75, 3.05) is 13.1 Å². The molecule has 0 saturated carbocycles. The smallest absolute Gasteiger partial charge is 0.317 e. The molecule has 1 saturated heterocycles. The average Bonchev–Trinajstić information content (AvgIpc) is 3.05. The number of nitrogens with zero attached hydrogens (tertiary/aromatic N) is 1. The Morgan fingerprint density at radius 2 is 1.84 bits per heavy atom. The van der Waals surface area contributed by atoms with E-state index in [0.717, 1.165) is 37.0 Å². The van der Waals surface area contributed by atoms with Crippen molar-refractivity contribution in [2.24, 2.45) is 5.92 Å². The van der Waals surface area contributed by atoms with Crippen molar-refractivity contribution in [1.29, 1.82) is 0 Å². The second-order valence-electron chi connectivity index (χ2n) is 6.95. The second kappa shape index (κ2) is 6.68. The number of hydrogen-bond acceptors (Lipinski definition) is 3. The molecule has 0 radical (unpaired) electrons. The highest BCUT2D eigenvalue weighted by Crippen LogP contribution is 2.41. The molecule has 0 aliphatic carbocycles. The third-order valence-electron chi connectivity index (χ3n) is 5.00. The Bertz CT molecular complexity index is 746. The normalized spacial score (nSPS) is 17.0. The van der Waals surface area contributed by atoms with Crippen molar-refractivity contribution in [1.82, 2.24) is 10.3 Å². The van der Waals surface area contributed by atoms with Gasteiger partial charge in [-0.05, 0) is 44.0 Å². The van der Waals surface area contributed by atoms with Crippen molar-refractivity contribution in [3.05, 3.63) is 40.0 Å². The maximum Gasteiger partial charge on any atom is 0.419 e. The summed E-state index contributed by atoms with van der Waals surface area (Å²) in [6.07, 6.45) is -2.66. The molecule has 1 aromatic carbocycles. The van der Waals surface area contributed by atoms with E-state index in [9.17, 15) is 17.6 Å². The van der Waals surface area contributed by atoms with Crippen LogP contribution in [0.4, 0.5) is 17.6 Å². The van der Waals surface area contributed by atoms with E-state index in [0.29, 0.717) is 5.92 Å². The maximum absolute atomic E-state index is 14.4. The highest BCUT2D eigenvalue weighted by molar-refractivity contribution is 7.10. The zero-order valence-corrected chi connectivity index (χ0v) is 14.9. The molecule has 1 N–H and O–H groups in total. The lowest BCUT2D eigenvalue weighted by atomic mass is 9.74. The van der Waals surface area contributed by atoms with Crippen molar-refractivity contribution in [3.63, 3.8) is 0 Å². The van der Waals surface area contributed by atoms with Crippen LogP contribution in [0.3, 0.4) is 0 Å². The quantitative estimate of drug-likeness (QED) is 0.745. The van der Waals surface area contributed by atoms with Gasteiger partial charge in [-0.25, -0.2) is 9.37 Å². The lowest BCUT2D eigenvalue weighted by molar-refractivity contribution is -0.139. The zero-order chi connectivity index (χ0) is 18.2. The molecule has 1 fully saturated rings. The molecule has 0 bridgehead atoms. The molecule has 2 nitrogen and oxygen atoms in total. The summed E-state index contributed by atoms with van der Waals surface area (Å²) in [5.41, 5.74) is -1.27. The Morgan fingerprint density at radius 3 is 2.48 bits per heavy atom. The van der Waals surface area contributed by atoms with E-state index in [1.54, 1.807) is 5.38 Å². The van der Waals surface area contributed by atoms with Crippen LogP contribution in [0.2, 0.25) is 0 Å². The van der Waals surface area contributed by atoms with E-state index in [1.807, 2.05) is 0 Å². The summed E-state index contributed by atoms with van der Waals surface area (Å²) < 4.78 is 53.1. The van der Waals surface area contributed by atoms with Gasteiger partial charge < -0.3 is 5.32 Å². The number of piperidine rings is 1. The van der Waals surface area contributed by atoms with Crippen molar-refractivity contribution >= 4 is 11.3 Å². The summed E-state index contributed by atoms with van der Waals surface area (Å²) in [6, 6.07) is 3.32. The standard InChI is InChI=1S/C18H20F4N2S/c1-17(2,11-6-8-23-9-7-11)16-24-14(10-25-16)12-4-3-5-13(15(12)19)18(20,21)22/h3-5,10-11,23H,6-9H2,1-2H3. The first-order chi connectivity index (χ1) is 11.7. The van der Waals surface area contributed by atoms with Crippen LogP contribution in [0, 0.1) is 11.7 Å². The molecule has 0 amide bonds. The van der Waals surface area contributed by atoms with Crippen LogP contribution >= 0.6 is 11.3 Å². The van der Waals surface area contributed by atoms with Gasteiger partial charge in [-0.2, -0.15) is 13.2 Å². The van der Waals surface area contributed by atoms with E-state index < -0.39 is 17.6 Å². The lowest BCUT2D eigenvalue weighted by Crippen LogP contribution is -2.38. The Kier molecular flexibility index (Phi) is 4.90. The SMILES string of the molecule is CC(C)(c1nc(-c2cccc(C(F)(F)F)c2F)cs1)C1CCNCC1. The molecule has 136 valence electrons. The van der Waals surface area contributed by atoms with Crippen LogP contribution < -0.4 is 5.32 Å². The van der Waals surface area contributed by atoms with Gasteiger partial charge in [0.05, 0.1) is 16.3 Å². The maximum atomic E-state index is 14.4. The molecule has 2 aromatic rings.